The van der Waals surface area contributed by atoms with Gasteiger partial charge in [0.2, 0.25) is 0 Å². The largest absolute Gasteiger partial charge is 0.494 e. The van der Waals surface area contributed by atoms with Crippen molar-refractivity contribution < 1.29 is 23.7 Å². The molecule has 0 N–H and O–H groups in total. The predicted molar refractivity (Wildman–Crippen MR) is 121 cm³/mol. The van der Waals surface area contributed by atoms with E-state index in [2.05, 4.69) is 0 Å². The molecule has 1 aliphatic heterocycles. The second-order valence-electron chi connectivity index (χ2n) is 7.38. The van der Waals surface area contributed by atoms with Crippen LogP contribution in [-0.4, -0.2) is 51.5 Å². The fourth-order valence-corrected chi connectivity index (χ4v) is 4.80. The summed E-state index contributed by atoms with van der Waals surface area (Å²) in [4.78, 5) is 20.1. The van der Waals surface area contributed by atoms with Crippen molar-refractivity contribution in [1.82, 2.24) is 4.98 Å². The molecule has 0 bridgehead atoms. The maximum absolute atomic E-state index is 13.6. The third kappa shape index (κ3) is 4.18. The second kappa shape index (κ2) is 9.11. The number of hydrogen-bond donors (Lipinski definition) is 0. The molecule has 164 valence electrons. The van der Waals surface area contributed by atoms with Crippen LogP contribution in [0.15, 0.2) is 30.3 Å². The van der Waals surface area contributed by atoms with Crippen LogP contribution >= 0.6 is 11.3 Å². The Morgan fingerprint density at radius 1 is 1.13 bits per heavy atom. The molecule has 1 aliphatic rings. The molecule has 31 heavy (non-hydrogen) atoms. The van der Waals surface area contributed by atoms with E-state index in [0.717, 1.165) is 35.2 Å². The maximum Gasteiger partial charge on any atom is 0.260 e. The van der Waals surface area contributed by atoms with E-state index >= 15 is 0 Å². The van der Waals surface area contributed by atoms with Crippen LogP contribution in [-0.2, 0) is 4.74 Å². The number of carbonyl (C=O) groups excluding carboxylic acids is 1. The highest BCUT2D eigenvalue weighted by atomic mass is 32.1. The summed E-state index contributed by atoms with van der Waals surface area (Å²) in [5.41, 5.74) is 2.36. The minimum atomic E-state index is -0.160. The van der Waals surface area contributed by atoms with Crippen molar-refractivity contribution in [2.45, 2.75) is 25.9 Å². The SMILES string of the molecule is COc1ccc(C(=O)N(CC2CCCO2)c2nc3c(OC)ccc(C)c3s2)cc1OC. The molecule has 1 atom stereocenters. The minimum absolute atomic E-state index is 0.0147. The Morgan fingerprint density at radius 2 is 1.87 bits per heavy atom. The Balaban J connectivity index is 1.77. The number of aromatic nitrogens is 1. The molecule has 4 rings (SSSR count). The fourth-order valence-electron chi connectivity index (χ4n) is 3.74. The quantitative estimate of drug-likeness (QED) is 0.538. The van der Waals surface area contributed by atoms with Crippen molar-refractivity contribution in [3.8, 4) is 17.2 Å². The third-order valence-corrected chi connectivity index (χ3v) is 6.64. The molecule has 3 aromatic rings. The van der Waals surface area contributed by atoms with Gasteiger partial charge in [-0.15, -0.1) is 0 Å². The molecule has 1 unspecified atom stereocenters. The van der Waals surface area contributed by atoms with Gasteiger partial charge in [0.25, 0.3) is 5.91 Å². The van der Waals surface area contributed by atoms with Gasteiger partial charge in [0.1, 0.15) is 11.3 Å². The number of benzene rings is 2. The lowest BCUT2D eigenvalue weighted by molar-refractivity contribution is 0.0917. The molecule has 2 heterocycles. The molecule has 1 fully saturated rings. The van der Waals surface area contributed by atoms with Gasteiger partial charge in [0, 0.05) is 12.2 Å². The second-order valence-corrected chi connectivity index (χ2v) is 8.36. The first kappa shape index (κ1) is 21.4. The molecule has 0 radical (unpaired) electrons. The van der Waals surface area contributed by atoms with Crippen LogP contribution in [0.2, 0.25) is 0 Å². The molecular weight excluding hydrogens is 416 g/mol. The lowest BCUT2D eigenvalue weighted by atomic mass is 10.1. The van der Waals surface area contributed by atoms with Gasteiger partial charge < -0.3 is 18.9 Å². The van der Waals surface area contributed by atoms with E-state index in [0.29, 0.717) is 34.5 Å². The average Bonchev–Trinajstić information content (AvgIpc) is 3.47. The van der Waals surface area contributed by atoms with Crippen molar-refractivity contribution in [3.63, 3.8) is 0 Å². The molecule has 1 saturated heterocycles. The number of rotatable bonds is 7. The van der Waals surface area contributed by atoms with E-state index in [1.807, 2.05) is 19.1 Å². The lowest BCUT2D eigenvalue weighted by Crippen LogP contribution is -2.37. The van der Waals surface area contributed by atoms with E-state index in [1.165, 1.54) is 11.3 Å². The van der Waals surface area contributed by atoms with E-state index in [-0.39, 0.29) is 12.0 Å². The van der Waals surface area contributed by atoms with Crippen LogP contribution < -0.4 is 19.1 Å². The Bertz CT molecular complexity index is 1090. The summed E-state index contributed by atoms with van der Waals surface area (Å²) < 4.78 is 23.0. The minimum Gasteiger partial charge on any atom is -0.494 e. The van der Waals surface area contributed by atoms with Crippen molar-refractivity contribution >= 4 is 32.6 Å². The third-order valence-electron chi connectivity index (χ3n) is 5.43. The van der Waals surface area contributed by atoms with Gasteiger partial charge in [-0.05, 0) is 49.6 Å². The number of thiazole rings is 1. The highest BCUT2D eigenvalue weighted by molar-refractivity contribution is 7.22. The first-order valence-corrected chi connectivity index (χ1v) is 11.0. The predicted octanol–water partition coefficient (Wildman–Crippen LogP) is 4.46. The number of fused-ring (bicyclic) bond motifs is 1. The summed E-state index contributed by atoms with van der Waals surface area (Å²) >= 11 is 1.49. The maximum atomic E-state index is 13.6. The number of anilines is 1. The standard InChI is InChI=1S/C23H26N2O5S/c1-14-7-9-18(28-3)20-21(14)31-23(24-20)25(13-16-6-5-11-30-16)22(26)15-8-10-17(27-2)19(12-15)29-4/h7-10,12,16H,5-6,11,13H2,1-4H3. The number of aryl methyl sites for hydroxylation is 1. The van der Waals surface area contributed by atoms with Crippen molar-refractivity contribution in [2.75, 3.05) is 39.4 Å². The zero-order valence-electron chi connectivity index (χ0n) is 18.1. The molecule has 1 amide bonds. The fraction of sp³-hybridized carbons (Fsp3) is 0.391. The highest BCUT2D eigenvalue weighted by Gasteiger charge is 2.28. The van der Waals surface area contributed by atoms with Gasteiger partial charge in [0.05, 0.1) is 38.7 Å². The topological polar surface area (TPSA) is 70.1 Å². The molecule has 8 heteroatoms. The molecule has 0 aliphatic carbocycles. The van der Waals surface area contributed by atoms with Crippen LogP contribution in [0, 0.1) is 6.92 Å². The van der Waals surface area contributed by atoms with Gasteiger partial charge in [-0.2, -0.15) is 0 Å². The number of ether oxygens (including phenoxy) is 4. The van der Waals surface area contributed by atoms with Gasteiger partial charge in [-0.3, -0.25) is 9.69 Å². The van der Waals surface area contributed by atoms with Gasteiger partial charge >= 0.3 is 0 Å². The number of nitrogens with zero attached hydrogens (tertiary/aromatic N) is 2. The normalized spacial score (nSPS) is 15.8. The van der Waals surface area contributed by atoms with Gasteiger partial charge in [-0.25, -0.2) is 4.98 Å². The number of carbonyl (C=O) groups is 1. The van der Waals surface area contributed by atoms with Crippen LogP contribution in [0.3, 0.4) is 0 Å². The summed E-state index contributed by atoms with van der Waals surface area (Å²) in [6.45, 7) is 3.19. The number of amides is 1. The monoisotopic (exact) mass is 442 g/mol. The zero-order chi connectivity index (χ0) is 22.0. The first-order chi connectivity index (χ1) is 15.0. The van der Waals surface area contributed by atoms with Crippen LogP contribution in [0.5, 0.6) is 17.2 Å². The Hall–Kier alpha value is -2.84. The Kier molecular flexibility index (Phi) is 6.29. The van der Waals surface area contributed by atoms with Crippen LogP contribution in [0.4, 0.5) is 5.13 Å². The molecule has 7 nitrogen and oxygen atoms in total. The lowest BCUT2D eigenvalue weighted by Gasteiger charge is -2.23. The molecule has 1 aromatic heterocycles. The summed E-state index contributed by atoms with van der Waals surface area (Å²) in [6.07, 6.45) is 1.90. The van der Waals surface area contributed by atoms with Crippen LogP contribution in [0.1, 0.15) is 28.8 Å². The van der Waals surface area contributed by atoms with Crippen LogP contribution in [0.25, 0.3) is 10.2 Å². The zero-order valence-corrected chi connectivity index (χ0v) is 19.0. The van der Waals surface area contributed by atoms with E-state index in [1.54, 1.807) is 44.4 Å². The van der Waals surface area contributed by atoms with Gasteiger partial charge in [0.15, 0.2) is 16.6 Å². The molecule has 0 spiro atoms. The average molecular weight is 443 g/mol. The number of hydrogen-bond acceptors (Lipinski definition) is 7. The molecule has 2 aromatic carbocycles. The summed E-state index contributed by atoms with van der Waals surface area (Å²) in [5, 5.41) is 0.623. The van der Waals surface area contributed by atoms with E-state index < -0.39 is 0 Å². The van der Waals surface area contributed by atoms with Crippen molar-refractivity contribution in [1.29, 1.82) is 0 Å². The first-order valence-electron chi connectivity index (χ1n) is 10.1. The smallest absolute Gasteiger partial charge is 0.260 e. The molecular formula is C23H26N2O5S. The summed E-state index contributed by atoms with van der Waals surface area (Å²) in [6, 6.07) is 9.08. The van der Waals surface area contributed by atoms with E-state index in [4.69, 9.17) is 23.9 Å². The summed E-state index contributed by atoms with van der Waals surface area (Å²) in [7, 11) is 4.75. The number of methoxy groups -OCH3 is 3. The van der Waals surface area contributed by atoms with E-state index in [9.17, 15) is 4.79 Å². The van der Waals surface area contributed by atoms with Crippen molar-refractivity contribution in [2.24, 2.45) is 0 Å². The van der Waals surface area contributed by atoms with Gasteiger partial charge in [-0.1, -0.05) is 17.4 Å². The highest BCUT2D eigenvalue weighted by Crippen LogP contribution is 2.38. The van der Waals surface area contributed by atoms with Crippen molar-refractivity contribution in [3.05, 3.63) is 41.5 Å². The Morgan fingerprint density at radius 3 is 2.55 bits per heavy atom. The molecule has 0 saturated carbocycles. The Labute approximate surface area is 185 Å². The summed E-state index contributed by atoms with van der Waals surface area (Å²) in [5.74, 6) is 1.61.